The summed E-state index contributed by atoms with van der Waals surface area (Å²) in [7, 11) is 1.75. The third kappa shape index (κ3) is 5.09. The van der Waals surface area contributed by atoms with Crippen LogP contribution in [0.2, 0.25) is 0 Å². The summed E-state index contributed by atoms with van der Waals surface area (Å²) in [6, 6.07) is 8.02. The van der Waals surface area contributed by atoms with Gasteiger partial charge in [0.25, 0.3) is 0 Å². The average molecular weight is 237 g/mol. The highest BCUT2D eigenvalue weighted by Crippen LogP contribution is 2.17. The molecule has 1 aromatic rings. The molecule has 0 saturated heterocycles. The number of hydrogen-bond donors (Lipinski definition) is 1. The van der Waals surface area contributed by atoms with Crippen molar-refractivity contribution >= 4 is 5.69 Å². The summed E-state index contributed by atoms with van der Waals surface area (Å²) in [5.74, 6) is 0.912. The van der Waals surface area contributed by atoms with Gasteiger partial charge in [-0.25, -0.2) is 0 Å². The van der Waals surface area contributed by atoms with Crippen LogP contribution < -0.4 is 10.1 Å². The number of ether oxygens (including phenoxy) is 2. The van der Waals surface area contributed by atoms with Crippen LogP contribution in [0.1, 0.15) is 27.2 Å². The Balaban J connectivity index is 2.37. The molecule has 1 N–H and O–H groups in total. The van der Waals surface area contributed by atoms with Crippen molar-refractivity contribution in [1.29, 1.82) is 0 Å². The molecule has 17 heavy (non-hydrogen) atoms. The van der Waals surface area contributed by atoms with Gasteiger partial charge < -0.3 is 14.8 Å². The van der Waals surface area contributed by atoms with Crippen LogP contribution in [0.25, 0.3) is 0 Å². The molecule has 1 aromatic carbocycles. The smallest absolute Gasteiger partial charge is 0.119 e. The van der Waals surface area contributed by atoms with E-state index >= 15 is 0 Å². The molecule has 0 aliphatic carbocycles. The van der Waals surface area contributed by atoms with Gasteiger partial charge in [-0.3, -0.25) is 0 Å². The topological polar surface area (TPSA) is 30.5 Å². The number of rotatable bonds is 7. The monoisotopic (exact) mass is 237 g/mol. The highest BCUT2D eigenvalue weighted by atomic mass is 16.5. The first-order valence-corrected chi connectivity index (χ1v) is 6.09. The molecule has 3 nitrogen and oxygen atoms in total. The average Bonchev–Trinajstić information content (AvgIpc) is 2.32. The van der Waals surface area contributed by atoms with Gasteiger partial charge in [-0.05, 0) is 51.5 Å². The van der Waals surface area contributed by atoms with Crippen molar-refractivity contribution in [3.8, 4) is 5.75 Å². The minimum absolute atomic E-state index is 0.0712. The van der Waals surface area contributed by atoms with Crippen LogP contribution in [0.5, 0.6) is 5.75 Å². The van der Waals surface area contributed by atoms with Crippen molar-refractivity contribution in [2.45, 2.75) is 32.8 Å². The maximum atomic E-state index is 5.39. The highest BCUT2D eigenvalue weighted by molar-refractivity contribution is 5.46. The summed E-state index contributed by atoms with van der Waals surface area (Å²) < 4.78 is 10.8. The Bertz CT molecular complexity index is 319. The molecule has 0 aliphatic heterocycles. The van der Waals surface area contributed by atoms with Crippen LogP contribution in [0, 0.1) is 0 Å². The number of anilines is 1. The van der Waals surface area contributed by atoms with Crippen LogP contribution in [-0.2, 0) is 4.74 Å². The minimum Gasteiger partial charge on any atom is -0.494 e. The Hall–Kier alpha value is -1.22. The first-order valence-electron chi connectivity index (χ1n) is 6.09. The largest absolute Gasteiger partial charge is 0.494 e. The molecule has 0 aromatic heterocycles. The van der Waals surface area contributed by atoms with Crippen molar-refractivity contribution in [1.82, 2.24) is 0 Å². The molecule has 0 bridgehead atoms. The second kappa shape index (κ2) is 6.50. The first-order chi connectivity index (χ1) is 8.07. The van der Waals surface area contributed by atoms with Crippen LogP contribution in [0.3, 0.4) is 0 Å². The molecule has 0 fully saturated rings. The summed E-state index contributed by atoms with van der Waals surface area (Å²) in [5, 5.41) is 3.37. The zero-order valence-electron chi connectivity index (χ0n) is 11.2. The predicted molar refractivity (Wildman–Crippen MR) is 71.8 cm³/mol. The highest BCUT2D eigenvalue weighted by Gasteiger charge is 2.14. The normalized spacial score (nSPS) is 11.3. The van der Waals surface area contributed by atoms with Gasteiger partial charge in [-0.15, -0.1) is 0 Å². The Morgan fingerprint density at radius 2 is 1.82 bits per heavy atom. The van der Waals surface area contributed by atoms with Gasteiger partial charge >= 0.3 is 0 Å². The third-order valence-electron chi connectivity index (χ3n) is 2.77. The molecule has 0 radical (unpaired) electrons. The standard InChI is InChI=1S/C14H23NO2/c1-5-17-13-8-6-12(7-9-13)15-11-10-14(2,3)16-4/h6-9,15H,5,10-11H2,1-4H3. The quantitative estimate of drug-likeness (QED) is 0.789. The van der Waals surface area contributed by atoms with E-state index < -0.39 is 0 Å². The minimum atomic E-state index is -0.0712. The van der Waals surface area contributed by atoms with E-state index in [2.05, 4.69) is 19.2 Å². The lowest BCUT2D eigenvalue weighted by Crippen LogP contribution is -2.25. The van der Waals surface area contributed by atoms with Crippen molar-refractivity contribution in [2.24, 2.45) is 0 Å². The lowest BCUT2D eigenvalue weighted by Gasteiger charge is -2.23. The van der Waals surface area contributed by atoms with Gasteiger partial charge in [0, 0.05) is 19.3 Å². The maximum Gasteiger partial charge on any atom is 0.119 e. The SMILES string of the molecule is CCOc1ccc(NCCC(C)(C)OC)cc1. The zero-order valence-corrected chi connectivity index (χ0v) is 11.2. The molecular weight excluding hydrogens is 214 g/mol. The zero-order chi connectivity index (χ0) is 12.7. The van der Waals surface area contributed by atoms with E-state index in [1.807, 2.05) is 31.2 Å². The Labute approximate surface area is 104 Å². The number of methoxy groups -OCH3 is 1. The summed E-state index contributed by atoms with van der Waals surface area (Å²) in [4.78, 5) is 0. The third-order valence-corrected chi connectivity index (χ3v) is 2.77. The van der Waals surface area contributed by atoms with Crippen LogP contribution in [-0.4, -0.2) is 25.9 Å². The van der Waals surface area contributed by atoms with Crippen molar-refractivity contribution < 1.29 is 9.47 Å². The second-order valence-electron chi connectivity index (χ2n) is 4.60. The molecule has 0 atom stereocenters. The summed E-state index contributed by atoms with van der Waals surface area (Å²) in [6.45, 7) is 7.77. The van der Waals surface area contributed by atoms with E-state index in [0.29, 0.717) is 6.61 Å². The number of hydrogen-bond acceptors (Lipinski definition) is 3. The van der Waals surface area contributed by atoms with E-state index in [1.165, 1.54) is 0 Å². The Kier molecular flexibility index (Phi) is 5.29. The maximum absolute atomic E-state index is 5.39. The lowest BCUT2D eigenvalue weighted by molar-refractivity contribution is 0.0185. The number of nitrogens with one attached hydrogen (secondary N) is 1. The van der Waals surface area contributed by atoms with Crippen LogP contribution >= 0.6 is 0 Å². The summed E-state index contributed by atoms with van der Waals surface area (Å²) >= 11 is 0. The van der Waals surface area contributed by atoms with Gasteiger partial charge in [0.05, 0.1) is 12.2 Å². The molecule has 0 spiro atoms. The lowest BCUT2D eigenvalue weighted by atomic mass is 10.1. The molecule has 0 unspecified atom stereocenters. The Morgan fingerprint density at radius 1 is 1.18 bits per heavy atom. The van der Waals surface area contributed by atoms with Gasteiger partial charge in [0.2, 0.25) is 0 Å². The Morgan fingerprint density at radius 3 is 2.35 bits per heavy atom. The molecule has 0 amide bonds. The van der Waals surface area contributed by atoms with Crippen molar-refractivity contribution in [3.05, 3.63) is 24.3 Å². The molecule has 3 heteroatoms. The van der Waals surface area contributed by atoms with Crippen molar-refractivity contribution in [3.63, 3.8) is 0 Å². The van der Waals surface area contributed by atoms with Crippen molar-refractivity contribution in [2.75, 3.05) is 25.6 Å². The molecule has 1 rings (SSSR count). The fraction of sp³-hybridized carbons (Fsp3) is 0.571. The number of benzene rings is 1. The van der Waals surface area contributed by atoms with Crippen LogP contribution in [0.15, 0.2) is 24.3 Å². The van der Waals surface area contributed by atoms with E-state index in [9.17, 15) is 0 Å². The molecule has 0 saturated carbocycles. The molecular formula is C14H23NO2. The molecule has 0 aliphatic rings. The first kappa shape index (κ1) is 13.8. The fourth-order valence-electron chi connectivity index (χ4n) is 1.45. The van der Waals surface area contributed by atoms with Crippen LogP contribution in [0.4, 0.5) is 5.69 Å². The van der Waals surface area contributed by atoms with Gasteiger partial charge in [0.1, 0.15) is 5.75 Å². The summed E-state index contributed by atoms with van der Waals surface area (Å²) in [6.07, 6.45) is 0.969. The van der Waals surface area contributed by atoms with Gasteiger partial charge in [0.15, 0.2) is 0 Å². The molecule has 96 valence electrons. The molecule has 0 heterocycles. The predicted octanol–water partition coefficient (Wildman–Crippen LogP) is 3.31. The van der Waals surface area contributed by atoms with Gasteiger partial charge in [-0.2, -0.15) is 0 Å². The second-order valence-corrected chi connectivity index (χ2v) is 4.60. The fourth-order valence-corrected chi connectivity index (χ4v) is 1.45. The van der Waals surface area contributed by atoms with E-state index in [1.54, 1.807) is 7.11 Å². The van der Waals surface area contributed by atoms with Gasteiger partial charge in [-0.1, -0.05) is 0 Å². The van der Waals surface area contributed by atoms with E-state index in [0.717, 1.165) is 24.4 Å². The van der Waals surface area contributed by atoms with E-state index in [-0.39, 0.29) is 5.60 Å². The summed E-state index contributed by atoms with van der Waals surface area (Å²) in [5.41, 5.74) is 1.04. The van der Waals surface area contributed by atoms with E-state index in [4.69, 9.17) is 9.47 Å².